The Kier molecular flexibility index (Phi) is 3.62. The first-order valence-electron chi connectivity index (χ1n) is 6.88. The van der Waals surface area contributed by atoms with Crippen molar-refractivity contribution in [2.24, 2.45) is 5.92 Å². The number of nitrogens with one attached hydrogen (secondary N) is 1. The first kappa shape index (κ1) is 14.6. The van der Waals surface area contributed by atoms with Gasteiger partial charge in [0.25, 0.3) is 10.0 Å². The topological polar surface area (TPSA) is 83.5 Å². The predicted octanol–water partition coefficient (Wildman–Crippen LogP) is 2.68. The van der Waals surface area contributed by atoms with Gasteiger partial charge in [-0.15, -0.1) is 0 Å². The monoisotopic (exact) mass is 317 g/mol. The molecule has 2 aromatic carbocycles. The maximum Gasteiger partial charge on any atom is 0.307 e. The van der Waals surface area contributed by atoms with Crippen LogP contribution >= 0.6 is 0 Å². The van der Waals surface area contributed by atoms with Gasteiger partial charge in [0.2, 0.25) is 0 Å². The number of hydrogen-bond acceptors (Lipinski definition) is 3. The van der Waals surface area contributed by atoms with Gasteiger partial charge >= 0.3 is 5.97 Å². The minimum absolute atomic E-state index is 0.00339. The van der Waals surface area contributed by atoms with E-state index in [9.17, 15) is 13.2 Å². The Morgan fingerprint density at radius 2 is 1.68 bits per heavy atom. The highest BCUT2D eigenvalue weighted by atomic mass is 32.2. The van der Waals surface area contributed by atoms with E-state index in [4.69, 9.17) is 5.11 Å². The van der Waals surface area contributed by atoms with Gasteiger partial charge in [0.05, 0.1) is 10.8 Å². The molecule has 2 N–H and O–H groups in total. The highest BCUT2D eigenvalue weighted by Crippen LogP contribution is 2.47. The molecule has 2 unspecified atom stereocenters. The molecule has 2 atom stereocenters. The van der Waals surface area contributed by atoms with Crippen LogP contribution in [0.5, 0.6) is 0 Å². The Morgan fingerprint density at radius 3 is 2.23 bits per heavy atom. The van der Waals surface area contributed by atoms with Gasteiger partial charge < -0.3 is 5.11 Å². The Labute approximate surface area is 128 Å². The Bertz CT molecular complexity index is 785. The third-order valence-corrected chi connectivity index (χ3v) is 5.15. The second-order valence-corrected chi connectivity index (χ2v) is 7.01. The lowest BCUT2D eigenvalue weighted by molar-refractivity contribution is -0.138. The maximum absolute atomic E-state index is 12.3. The van der Waals surface area contributed by atoms with Crippen LogP contribution in [-0.4, -0.2) is 19.5 Å². The molecule has 1 aliphatic rings. The molecule has 0 amide bonds. The summed E-state index contributed by atoms with van der Waals surface area (Å²) in [5.41, 5.74) is 1.37. The number of aliphatic carboxylic acids is 1. The summed E-state index contributed by atoms with van der Waals surface area (Å²) in [6.07, 6.45) is 0.615. The summed E-state index contributed by atoms with van der Waals surface area (Å²) in [6.45, 7) is 0. The van der Waals surface area contributed by atoms with Gasteiger partial charge in [-0.2, -0.15) is 0 Å². The zero-order valence-electron chi connectivity index (χ0n) is 11.6. The lowest BCUT2D eigenvalue weighted by atomic mass is 10.1. The zero-order valence-corrected chi connectivity index (χ0v) is 12.5. The van der Waals surface area contributed by atoms with Crippen molar-refractivity contribution in [3.05, 3.63) is 60.2 Å². The summed E-state index contributed by atoms with van der Waals surface area (Å²) >= 11 is 0. The summed E-state index contributed by atoms with van der Waals surface area (Å²) < 4.78 is 27.0. The van der Waals surface area contributed by atoms with Crippen LogP contribution in [0.2, 0.25) is 0 Å². The maximum atomic E-state index is 12.3. The van der Waals surface area contributed by atoms with Crippen LogP contribution in [0.3, 0.4) is 0 Å². The van der Waals surface area contributed by atoms with Gasteiger partial charge in [-0.05, 0) is 42.2 Å². The highest BCUT2D eigenvalue weighted by molar-refractivity contribution is 7.92. The lowest BCUT2D eigenvalue weighted by Crippen LogP contribution is -2.12. The molecule has 0 radical (unpaired) electrons. The fourth-order valence-corrected chi connectivity index (χ4v) is 3.51. The number of benzene rings is 2. The van der Waals surface area contributed by atoms with E-state index in [1.807, 2.05) is 0 Å². The fourth-order valence-electron chi connectivity index (χ4n) is 2.45. The summed E-state index contributed by atoms with van der Waals surface area (Å²) in [4.78, 5) is 11.0. The van der Waals surface area contributed by atoms with Crippen LogP contribution in [0.1, 0.15) is 17.9 Å². The molecule has 1 fully saturated rings. The van der Waals surface area contributed by atoms with Gasteiger partial charge in [0.1, 0.15) is 0 Å². The van der Waals surface area contributed by atoms with Gasteiger partial charge in [0.15, 0.2) is 0 Å². The van der Waals surface area contributed by atoms with Crippen molar-refractivity contribution in [3.8, 4) is 0 Å². The van der Waals surface area contributed by atoms with Gasteiger partial charge in [-0.1, -0.05) is 30.3 Å². The lowest BCUT2D eigenvalue weighted by Gasteiger charge is -2.08. The molecule has 0 spiro atoms. The molecule has 0 saturated heterocycles. The van der Waals surface area contributed by atoms with E-state index in [0.29, 0.717) is 12.1 Å². The number of sulfonamides is 1. The molecule has 1 saturated carbocycles. The molecule has 0 aliphatic heterocycles. The Balaban J connectivity index is 1.76. The van der Waals surface area contributed by atoms with Crippen LogP contribution in [-0.2, 0) is 14.8 Å². The third kappa shape index (κ3) is 2.96. The van der Waals surface area contributed by atoms with Crippen molar-refractivity contribution in [1.82, 2.24) is 0 Å². The van der Waals surface area contributed by atoms with E-state index in [-0.39, 0.29) is 16.7 Å². The Hall–Kier alpha value is -2.34. The predicted molar refractivity (Wildman–Crippen MR) is 82.2 cm³/mol. The van der Waals surface area contributed by atoms with E-state index in [1.54, 1.807) is 42.5 Å². The van der Waals surface area contributed by atoms with E-state index in [2.05, 4.69) is 4.72 Å². The van der Waals surface area contributed by atoms with Crippen molar-refractivity contribution in [1.29, 1.82) is 0 Å². The molecule has 2 aromatic rings. The smallest absolute Gasteiger partial charge is 0.307 e. The second kappa shape index (κ2) is 5.46. The molecule has 114 valence electrons. The third-order valence-electron chi connectivity index (χ3n) is 3.75. The number of carboxylic acid groups (broad SMARTS) is 1. The van der Waals surface area contributed by atoms with Crippen molar-refractivity contribution in [2.75, 3.05) is 4.72 Å². The van der Waals surface area contributed by atoms with E-state index < -0.39 is 16.0 Å². The average Bonchev–Trinajstić information content (AvgIpc) is 3.29. The molecule has 0 bridgehead atoms. The van der Waals surface area contributed by atoms with Crippen molar-refractivity contribution >= 4 is 21.7 Å². The summed E-state index contributed by atoms with van der Waals surface area (Å²) in [6, 6.07) is 15.1. The molecule has 22 heavy (non-hydrogen) atoms. The molecule has 3 rings (SSSR count). The summed E-state index contributed by atoms with van der Waals surface area (Å²) in [5.74, 6) is -1.14. The summed E-state index contributed by atoms with van der Waals surface area (Å²) in [7, 11) is -3.63. The van der Waals surface area contributed by atoms with Gasteiger partial charge in [-0.3, -0.25) is 9.52 Å². The van der Waals surface area contributed by atoms with Crippen LogP contribution in [0.15, 0.2) is 59.5 Å². The van der Waals surface area contributed by atoms with Crippen LogP contribution in [0.25, 0.3) is 0 Å². The molecule has 1 aliphatic carbocycles. The van der Waals surface area contributed by atoms with E-state index >= 15 is 0 Å². The Morgan fingerprint density at radius 1 is 1.05 bits per heavy atom. The SMILES string of the molecule is O=C(O)C1CC1c1ccc(S(=O)(=O)Nc2ccccc2)cc1. The van der Waals surface area contributed by atoms with Crippen molar-refractivity contribution in [3.63, 3.8) is 0 Å². The first-order chi connectivity index (χ1) is 10.5. The molecular weight excluding hydrogens is 302 g/mol. The average molecular weight is 317 g/mol. The van der Waals surface area contributed by atoms with E-state index in [1.165, 1.54) is 12.1 Å². The van der Waals surface area contributed by atoms with Gasteiger partial charge in [0, 0.05) is 5.69 Å². The van der Waals surface area contributed by atoms with E-state index in [0.717, 1.165) is 5.56 Å². The molecule has 0 heterocycles. The largest absolute Gasteiger partial charge is 0.481 e. The highest BCUT2D eigenvalue weighted by Gasteiger charge is 2.44. The number of carbonyl (C=O) groups is 1. The second-order valence-electron chi connectivity index (χ2n) is 5.33. The normalized spacial score (nSPS) is 20.4. The van der Waals surface area contributed by atoms with Crippen LogP contribution in [0.4, 0.5) is 5.69 Å². The number of hydrogen-bond donors (Lipinski definition) is 2. The fraction of sp³-hybridized carbons (Fsp3) is 0.188. The molecular formula is C16H15NO4S. The quantitative estimate of drug-likeness (QED) is 0.888. The minimum Gasteiger partial charge on any atom is -0.481 e. The number of rotatable bonds is 5. The first-order valence-corrected chi connectivity index (χ1v) is 8.36. The number of anilines is 1. The van der Waals surface area contributed by atoms with Crippen LogP contribution < -0.4 is 4.72 Å². The number of carboxylic acids is 1. The molecule has 6 heteroatoms. The standard InChI is InChI=1S/C16H15NO4S/c18-16(19)15-10-14(15)11-6-8-13(9-7-11)22(20,21)17-12-4-2-1-3-5-12/h1-9,14-15,17H,10H2,(H,18,19). The molecule has 5 nitrogen and oxygen atoms in total. The van der Waals surface area contributed by atoms with Gasteiger partial charge in [-0.25, -0.2) is 8.42 Å². The van der Waals surface area contributed by atoms with Crippen LogP contribution in [0, 0.1) is 5.92 Å². The van der Waals surface area contributed by atoms with Crippen molar-refractivity contribution < 1.29 is 18.3 Å². The zero-order chi connectivity index (χ0) is 15.7. The number of para-hydroxylation sites is 1. The minimum atomic E-state index is -3.63. The summed E-state index contributed by atoms with van der Waals surface area (Å²) in [5, 5.41) is 8.93. The molecule has 0 aromatic heterocycles. The van der Waals surface area contributed by atoms with Crippen molar-refractivity contribution in [2.45, 2.75) is 17.2 Å².